The van der Waals surface area contributed by atoms with Crippen molar-refractivity contribution in [3.63, 3.8) is 0 Å². The second-order valence-corrected chi connectivity index (χ2v) is 5.08. The Bertz CT molecular complexity index is 633. The summed E-state index contributed by atoms with van der Waals surface area (Å²) in [6, 6.07) is 7.53. The molecule has 0 unspecified atom stereocenters. The van der Waals surface area contributed by atoms with Gasteiger partial charge in [0, 0.05) is 15.8 Å². The molecule has 0 spiro atoms. The number of nitrogens with two attached hydrogens (primary N) is 1. The molecular formula is C16H17NO3S. The van der Waals surface area contributed by atoms with Crippen LogP contribution in [0.3, 0.4) is 0 Å². The molecule has 0 radical (unpaired) electrons. The fraction of sp³-hybridized carbons (Fsp3) is 0.250. The zero-order valence-electron chi connectivity index (χ0n) is 12.0. The van der Waals surface area contributed by atoms with Crippen molar-refractivity contribution in [1.82, 2.24) is 0 Å². The number of thiophene rings is 1. The van der Waals surface area contributed by atoms with Gasteiger partial charge in [0.15, 0.2) is 11.5 Å². The maximum atomic E-state index is 5.84. The Hall–Kier alpha value is -2.16. The lowest BCUT2D eigenvalue weighted by atomic mass is 10.3. The third-order valence-corrected chi connectivity index (χ3v) is 3.64. The maximum absolute atomic E-state index is 5.84. The predicted molar refractivity (Wildman–Crippen MR) is 84.1 cm³/mol. The standard InChI is InChI=1S/C16H17NO3S/c1-18-14-6-3-7-15(19-2)16(14)20-10-13-9-12(11-21-13)5-4-8-17/h3,6-7,9,11H,8,10,17H2,1-2H3. The molecule has 0 bridgehead atoms. The first-order chi connectivity index (χ1) is 10.3. The molecule has 1 aromatic carbocycles. The van der Waals surface area contributed by atoms with E-state index < -0.39 is 0 Å². The number of ether oxygens (including phenoxy) is 3. The van der Waals surface area contributed by atoms with Gasteiger partial charge in [0.1, 0.15) is 6.61 Å². The van der Waals surface area contributed by atoms with Crippen molar-refractivity contribution in [2.75, 3.05) is 20.8 Å². The summed E-state index contributed by atoms with van der Waals surface area (Å²) in [4.78, 5) is 1.07. The van der Waals surface area contributed by atoms with E-state index in [1.807, 2.05) is 29.6 Å². The van der Waals surface area contributed by atoms with Crippen molar-refractivity contribution < 1.29 is 14.2 Å². The number of hydrogen-bond donors (Lipinski definition) is 1. The first-order valence-electron chi connectivity index (χ1n) is 6.38. The van der Waals surface area contributed by atoms with Crippen LogP contribution in [0.4, 0.5) is 0 Å². The van der Waals surface area contributed by atoms with Crippen molar-refractivity contribution in [2.45, 2.75) is 6.61 Å². The SMILES string of the molecule is COc1cccc(OC)c1OCc1cc(C#CCN)cs1. The molecule has 0 aliphatic rings. The van der Waals surface area contributed by atoms with Crippen LogP contribution in [0.15, 0.2) is 29.6 Å². The Morgan fingerprint density at radius 3 is 2.52 bits per heavy atom. The molecule has 0 amide bonds. The average molecular weight is 303 g/mol. The van der Waals surface area contributed by atoms with E-state index in [0.717, 1.165) is 10.4 Å². The molecule has 0 atom stereocenters. The molecule has 0 saturated heterocycles. The molecule has 5 heteroatoms. The summed E-state index contributed by atoms with van der Waals surface area (Å²) in [7, 11) is 3.21. The van der Waals surface area contributed by atoms with Crippen molar-refractivity contribution in [3.05, 3.63) is 40.1 Å². The van der Waals surface area contributed by atoms with Gasteiger partial charge in [0.25, 0.3) is 0 Å². The smallest absolute Gasteiger partial charge is 0.203 e. The highest BCUT2D eigenvalue weighted by Gasteiger charge is 2.11. The van der Waals surface area contributed by atoms with Gasteiger partial charge < -0.3 is 19.9 Å². The average Bonchev–Trinajstić information content (AvgIpc) is 2.98. The van der Waals surface area contributed by atoms with Crippen LogP contribution in [0.25, 0.3) is 0 Å². The summed E-state index contributed by atoms with van der Waals surface area (Å²) in [5.74, 6) is 7.73. The number of hydrogen-bond acceptors (Lipinski definition) is 5. The van der Waals surface area contributed by atoms with Crippen LogP contribution < -0.4 is 19.9 Å². The van der Waals surface area contributed by atoms with Gasteiger partial charge in [-0.05, 0) is 18.2 Å². The van der Waals surface area contributed by atoms with Gasteiger partial charge in [-0.15, -0.1) is 11.3 Å². The highest BCUT2D eigenvalue weighted by atomic mass is 32.1. The Balaban J connectivity index is 2.11. The van der Waals surface area contributed by atoms with E-state index in [0.29, 0.717) is 30.4 Å². The highest BCUT2D eigenvalue weighted by Crippen LogP contribution is 2.37. The van der Waals surface area contributed by atoms with Crippen LogP contribution in [0, 0.1) is 11.8 Å². The van der Waals surface area contributed by atoms with Crippen LogP contribution in [0.5, 0.6) is 17.2 Å². The van der Waals surface area contributed by atoms with Crippen LogP contribution in [0.1, 0.15) is 10.4 Å². The monoisotopic (exact) mass is 303 g/mol. The van der Waals surface area contributed by atoms with E-state index in [2.05, 4.69) is 11.8 Å². The summed E-state index contributed by atoms with van der Waals surface area (Å²) in [6.45, 7) is 0.797. The first-order valence-corrected chi connectivity index (χ1v) is 7.26. The van der Waals surface area contributed by atoms with E-state index in [1.54, 1.807) is 25.6 Å². The molecule has 2 N–H and O–H groups in total. The molecule has 4 nitrogen and oxygen atoms in total. The zero-order chi connectivity index (χ0) is 15.1. The largest absolute Gasteiger partial charge is 0.493 e. The lowest BCUT2D eigenvalue weighted by molar-refractivity contribution is 0.268. The van der Waals surface area contributed by atoms with Crippen molar-refractivity contribution >= 4 is 11.3 Å². The Labute approximate surface area is 128 Å². The zero-order valence-corrected chi connectivity index (χ0v) is 12.8. The number of benzene rings is 1. The third kappa shape index (κ3) is 3.91. The van der Waals surface area contributed by atoms with E-state index >= 15 is 0 Å². The fourth-order valence-corrected chi connectivity index (χ4v) is 2.51. The summed E-state index contributed by atoms with van der Waals surface area (Å²) >= 11 is 1.60. The van der Waals surface area contributed by atoms with Gasteiger partial charge in [0.05, 0.1) is 20.8 Å². The van der Waals surface area contributed by atoms with Crippen LogP contribution in [0.2, 0.25) is 0 Å². The van der Waals surface area contributed by atoms with Gasteiger partial charge in [-0.1, -0.05) is 17.9 Å². The molecule has 2 rings (SSSR count). The van der Waals surface area contributed by atoms with Crippen LogP contribution in [-0.4, -0.2) is 20.8 Å². The van der Waals surface area contributed by atoms with Gasteiger partial charge in [0.2, 0.25) is 5.75 Å². The second kappa shape index (κ2) is 7.58. The van der Waals surface area contributed by atoms with Gasteiger partial charge in [-0.3, -0.25) is 0 Å². The normalized spacial score (nSPS) is 9.67. The Kier molecular flexibility index (Phi) is 5.50. The van der Waals surface area contributed by atoms with Crippen molar-refractivity contribution in [3.8, 4) is 29.1 Å². The topological polar surface area (TPSA) is 53.7 Å². The molecule has 0 saturated carbocycles. The summed E-state index contributed by atoms with van der Waals surface area (Å²) in [5.41, 5.74) is 6.31. The second-order valence-electron chi connectivity index (χ2n) is 4.09. The van der Waals surface area contributed by atoms with E-state index in [4.69, 9.17) is 19.9 Å². The highest BCUT2D eigenvalue weighted by molar-refractivity contribution is 7.10. The molecule has 2 aromatic rings. The number of para-hydroxylation sites is 1. The Morgan fingerprint density at radius 2 is 1.90 bits per heavy atom. The summed E-state index contributed by atoms with van der Waals surface area (Å²) in [6.07, 6.45) is 0. The molecule has 0 aliphatic carbocycles. The first kappa shape index (κ1) is 15.2. The molecule has 0 fully saturated rings. The van der Waals surface area contributed by atoms with Crippen LogP contribution in [-0.2, 0) is 6.61 Å². The minimum absolute atomic E-state index is 0.361. The minimum atomic E-state index is 0.361. The van der Waals surface area contributed by atoms with E-state index in [-0.39, 0.29) is 0 Å². The lowest BCUT2D eigenvalue weighted by Gasteiger charge is -2.13. The molecule has 0 aliphatic heterocycles. The molecular weight excluding hydrogens is 286 g/mol. The van der Waals surface area contributed by atoms with Crippen molar-refractivity contribution in [1.29, 1.82) is 0 Å². The van der Waals surface area contributed by atoms with Crippen LogP contribution >= 0.6 is 11.3 Å². The number of rotatable bonds is 5. The fourth-order valence-electron chi connectivity index (χ4n) is 1.78. The molecule has 110 valence electrons. The Morgan fingerprint density at radius 1 is 1.19 bits per heavy atom. The van der Waals surface area contributed by atoms with Gasteiger partial charge in [-0.2, -0.15) is 0 Å². The molecule has 21 heavy (non-hydrogen) atoms. The van der Waals surface area contributed by atoms with Gasteiger partial charge in [-0.25, -0.2) is 0 Å². The maximum Gasteiger partial charge on any atom is 0.203 e. The van der Waals surface area contributed by atoms with Gasteiger partial charge >= 0.3 is 0 Å². The van der Waals surface area contributed by atoms with E-state index in [9.17, 15) is 0 Å². The van der Waals surface area contributed by atoms with E-state index in [1.165, 1.54) is 0 Å². The predicted octanol–water partition coefficient (Wildman–Crippen LogP) is 2.65. The summed E-state index contributed by atoms with van der Waals surface area (Å²) < 4.78 is 16.4. The van der Waals surface area contributed by atoms with Crippen molar-refractivity contribution in [2.24, 2.45) is 5.73 Å². The third-order valence-electron chi connectivity index (χ3n) is 2.73. The number of methoxy groups -OCH3 is 2. The summed E-state index contributed by atoms with van der Waals surface area (Å²) in [5, 5.41) is 1.99. The quantitative estimate of drug-likeness (QED) is 0.863. The lowest BCUT2D eigenvalue weighted by Crippen LogP contribution is -1.98. The molecule has 1 aromatic heterocycles. The minimum Gasteiger partial charge on any atom is -0.493 e. The molecule has 1 heterocycles.